The number of fused-ring (bicyclic) bond motifs is 1. The van der Waals surface area contributed by atoms with Crippen molar-refractivity contribution in [2.45, 2.75) is 51.6 Å². The molecule has 180 valence electrons. The van der Waals surface area contributed by atoms with Crippen molar-refractivity contribution in [3.63, 3.8) is 0 Å². The van der Waals surface area contributed by atoms with E-state index in [1.165, 1.54) is 12.8 Å². The number of aromatic nitrogens is 2. The van der Waals surface area contributed by atoms with Crippen molar-refractivity contribution in [3.05, 3.63) is 59.4 Å². The van der Waals surface area contributed by atoms with Crippen LogP contribution in [0.15, 0.2) is 48.5 Å². The van der Waals surface area contributed by atoms with E-state index in [1.54, 1.807) is 24.3 Å². The largest absolute Gasteiger partial charge is 0.484 e. The third-order valence-electron chi connectivity index (χ3n) is 6.14. The predicted octanol–water partition coefficient (Wildman–Crippen LogP) is 4.74. The van der Waals surface area contributed by atoms with E-state index in [0.29, 0.717) is 23.7 Å². The summed E-state index contributed by atoms with van der Waals surface area (Å²) in [6, 6.07) is 14.4. The first-order chi connectivity index (χ1) is 16.5. The van der Waals surface area contributed by atoms with Gasteiger partial charge in [0.2, 0.25) is 5.91 Å². The van der Waals surface area contributed by atoms with Gasteiger partial charge in [0.25, 0.3) is 5.91 Å². The summed E-state index contributed by atoms with van der Waals surface area (Å²) in [4.78, 5) is 32.2. The van der Waals surface area contributed by atoms with Crippen molar-refractivity contribution in [1.82, 2.24) is 19.8 Å². The lowest BCUT2D eigenvalue weighted by Gasteiger charge is -2.21. The molecule has 2 amide bonds. The summed E-state index contributed by atoms with van der Waals surface area (Å²) in [6.45, 7) is 3.99. The van der Waals surface area contributed by atoms with E-state index in [9.17, 15) is 9.59 Å². The van der Waals surface area contributed by atoms with Gasteiger partial charge in [0.15, 0.2) is 6.61 Å². The van der Waals surface area contributed by atoms with Crippen LogP contribution in [-0.2, 0) is 16.1 Å². The van der Waals surface area contributed by atoms with Gasteiger partial charge in [-0.3, -0.25) is 9.59 Å². The topological polar surface area (TPSA) is 76.5 Å². The number of benzene rings is 2. The van der Waals surface area contributed by atoms with Crippen molar-refractivity contribution in [1.29, 1.82) is 0 Å². The highest BCUT2D eigenvalue weighted by Gasteiger charge is 2.21. The number of carbonyl (C=O) groups excluding carboxylic acids is 2. The Labute approximate surface area is 205 Å². The van der Waals surface area contributed by atoms with Gasteiger partial charge < -0.3 is 19.5 Å². The number of aryl methyl sites for hydroxylation is 1. The van der Waals surface area contributed by atoms with Crippen molar-refractivity contribution in [2.75, 3.05) is 19.7 Å². The minimum absolute atomic E-state index is 0.111. The monoisotopic (exact) mass is 482 g/mol. The van der Waals surface area contributed by atoms with Crippen LogP contribution in [0.4, 0.5) is 0 Å². The number of nitrogens with zero attached hydrogens (tertiary/aromatic N) is 3. The van der Waals surface area contributed by atoms with Crippen molar-refractivity contribution in [2.24, 2.45) is 0 Å². The Bertz CT molecular complexity index is 1120. The van der Waals surface area contributed by atoms with E-state index in [4.69, 9.17) is 21.3 Å². The molecule has 34 heavy (non-hydrogen) atoms. The maximum atomic E-state index is 12.9. The van der Waals surface area contributed by atoms with Crippen molar-refractivity contribution in [3.8, 4) is 5.75 Å². The summed E-state index contributed by atoms with van der Waals surface area (Å²) in [5.74, 6) is 1.23. The highest BCUT2D eigenvalue weighted by molar-refractivity contribution is 6.30. The molecule has 1 N–H and O–H groups in total. The third kappa shape index (κ3) is 6.08. The molecule has 3 aromatic rings. The summed E-state index contributed by atoms with van der Waals surface area (Å²) in [5, 5.41) is 3.58. The van der Waals surface area contributed by atoms with Gasteiger partial charge in [-0.2, -0.15) is 0 Å². The molecule has 7 nitrogen and oxygen atoms in total. The van der Waals surface area contributed by atoms with Crippen LogP contribution in [0, 0.1) is 0 Å². The van der Waals surface area contributed by atoms with Gasteiger partial charge in [0, 0.05) is 31.1 Å². The molecule has 1 aromatic heterocycles. The zero-order chi connectivity index (χ0) is 23.9. The van der Waals surface area contributed by atoms with E-state index in [2.05, 4.69) is 9.88 Å². The Hall–Kier alpha value is -3.06. The number of hydrogen-bond donors (Lipinski definition) is 1. The van der Waals surface area contributed by atoms with E-state index in [-0.39, 0.29) is 24.5 Å². The number of amides is 2. The Balaban J connectivity index is 1.42. The van der Waals surface area contributed by atoms with Gasteiger partial charge >= 0.3 is 0 Å². The fraction of sp³-hybridized carbons (Fsp3) is 0.423. The van der Waals surface area contributed by atoms with E-state index in [0.717, 1.165) is 42.8 Å². The number of hydrogen-bond acceptors (Lipinski definition) is 4. The van der Waals surface area contributed by atoms with Crippen LogP contribution in [0.2, 0.25) is 5.02 Å². The Kier molecular flexibility index (Phi) is 8.06. The number of imidazole rings is 1. The SMILES string of the molecule is CC(NC(=O)COc1ccc(Cl)cc1)c1nc2ccccc2n1CCC(=O)N1CCCCCC1. The van der Waals surface area contributed by atoms with Crippen LogP contribution in [0.5, 0.6) is 5.75 Å². The van der Waals surface area contributed by atoms with Gasteiger partial charge in [0.05, 0.1) is 17.1 Å². The van der Waals surface area contributed by atoms with Crippen LogP contribution >= 0.6 is 11.6 Å². The minimum Gasteiger partial charge on any atom is -0.484 e. The van der Waals surface area contributed by atoms with Crippen LogP contribution in [0.1, 0.15) is 50.9 Å². The summed E-state index contributed by atoms with van der Waals surface area (Å²) >= 11 is 5.89. The molecule has 4 rings (SSSR count). The molecule has 1 unspecified atom stereocenters. The van der Waals surface area contributed by atoms with E-state index >= 15 is 0 Å². The second-order valence-corrected chi connectivity index (χ2v) is 9.12. The number of halogens is 1. The molecule has 2 aromatic carbocycles. The number of nitrogens with one attached hydrogen (secondary N) is 1. The number of carbonyl (C=O) groups is 2. The van der Waals surface area contributed by atoms with Gasteiger partial charge in [0.1, 0.15) is 11.6 Å². The lowest BCUT2D eigenvalue weighted by molar-refractivity contribution is -0.131. The summed E-state index contributed by atoms with van der Waals surface area (Å²) < 4.78 is 7.61. The molecule has 0 spiro atoms. The summed E-state index contributed by atoms with van der Waals surface area (Å²) in [7, 11) is 0. The maximum Gasteiger partial charge on any atom is 0.258 e. The van der Waals surface area contributed by atoms with Gasteiger partial charge in [-0.15, -0.1) is 0 Å². The molecular weight excluding hydrogens is 452 g/mol. The fourth-order valence-electron chi connectivity index (χ4n) is 4.37. The lowest BCUT2D eigenvalue weighted by atomic mass is 10.2. The molecule has 8 heteroatoms. The summed E-state index contributed by atoms with van der Waals surface area (Å²) in [6.07, 6.45) is 4.95. The molecule has 1 aliphatic rings. The number of ether oxygens (including phenoxy) is 1. The zero-order valence-electron chi connectivity index (χ0n) is 19.5. The van der Waals surface area contributed by atoms with Crippen molar-refractivity contribution >= 4 is 34.4 Å². The highest BCUT2D eigenvalue weighted by atomic mass is 35.5. The minimum atomic E-state index is -0.345. The molecule has 0 aliphatic carbocycles. The molecule has 1 aliphatic heterocycles. The standard InChI is InChI=1S/C26H31ClN4O3/c1-19(28-24(32)18-34-21-12-10-20(27)11-13-21)26-29-22-8-4-5-9-23(22)31(26)17-14-25(33)30-15-6-2-3-7-16-30/h4-5,8-13,19H,2-3,6-7,14-18H2,1H3,(H,28,32). The van der Waals surface area contributed by atoms with Crippen molar-refractivity contribution < 1.29 is 14.3 Å². The molecule has 0 bridgehead atoms. The first kappa shape index (κ1) is 24.1. The zero-order valence-corrected chi connectivity index (χ0v) is 20.3. The molecule has 0 saturated carbocycles. The third-order valence-corrected chi connectivity index (χ3v) is 6.39. The molecule has 2 heterocycles. The number of rotatable bonds is 8. The van der Waals surface area contributed by atoms with Crippen LogP contribution in [-0.4, -0.2) is 46.0 Å². The van der Waals surface area contributed by atoms with E-state index in [1.807, 2.05) is 36.1 Å². The Morgan fingerprint density at radius 3 is 2.50 bits per heavy atom. The molecule has 1 atom stereocenters. The first-order valence-corrected chi connectivity index (χ1v) is 12.3. The molecule has 0 radical (unpaired) electrons. The second-order valence-electron chi connectivity index (χ2n) is 8.69. The number of para-hydroxylation sites is 2. The average Bonchev–Trinajstić information content (AvgIpc) is 3.00. The fourth-order valence-corrected chi connectivity index (χ4v) is 4.50. The van der Waals surface area contributed by atoms with Crippen LogP contribution in [0.25, 0.3) is 11.0 Å². The quantitative estimate of drug-likeness (QED) is 0.503. The average molecular weight is 483 g/mol. The highest BCUT2D eigenvalue weighted by Crippen LogP contribution is 2.22. The number of likely N-dealkylation sites (tertiary alicyclic amines) is 1. The van der Waals surface area contributed by atoms with E-state index < -0.39 is 0 Å². The van der Waals surface area contributed by atoms with Crippen LogP contribution < -0.4 is 10.1 Å². The van der Waals surface area contributed by atoms with Crippen LogP contribution in [0.3, 0.4) is 0 Å². The molecular formula is C26H31ClN4O3. The Morgan fingerprint density at radius 1 is 1.06 bits per heavy atom. The smallest absolute Gasteiger partial charge is 0.258 e. The normalized spacial score (nSPS) is 15.1. The summed E-state index contributed by atoms with van der Waals surface area (Å²) in [5.41, 5.74) is 1.80. The lowest BCUT2D eigenvalue weighted by Crippen LogP contribution is -2.34. The second kappa shape index (κ2) is 11.4. The molecule has 1 saturated heterocycles. The first-order valence-electron chi connectivity index (χ1n) is 11.9. The maximum absolute atomic E-state index is 12.9. The Morgan fingerprint density at radius 2 is 1.76 bits per heavy atom. The van der Waals surface area contributed by atoms with Gasteiger partial charge in [-0.1, -0.05) is 36.6 Å². The molecule has 1 fully saturated rings. The van der Waals surface area contributed by atoms with Gasteiger partial charge in [-0.05, 0) is 56.2 Å². The van der Waals surface area contributed by atoms with Gasteiger partial charge in [-0.25, -0.2) is 4.98 Å². The predicted molar refractivity (Wildman–Crippen MR) is 133 cm³/mol.